The van der Waals surface area contributed by atoms with Crippen LogP contribution in [-0.4, -0.2) is 18.1 Å². The van der Waals surface area contributed by atoms with Gasteiger partial charge in [-0.15, -0.1) is 0 Å². The van der Waals surface area contributed by atoms with Crippen molar-refractivity contribution in [2.24, 2.45) is 11.7 Å². The third-order valence-corrected chi connectivity index (χ3v) is 3.28. The van der Waals surface area contributed by atoms with Crippen LogP contribution in [0.2, 0.25) is 0 Å². The highest BCUT2D eigenvalue weighted by molar-refractivity contribution is 5.42. The minimum absolute atomic E-state index is 0.0870. The van der Waals surface area contributed by atoms with Crippen LogP contribution < -0.4 is 10.6 Å². The minimum Gasteiger partial charge on any atom is -0.356 e. The van der Waals surface area contributed by atoms with Gasteiger partial charge in [-0.3, -0.25) is 0 Å². The van der Waals surface area contributed by atoms with E-state index in [0.717, 1.165) is 24.8 Å². The molecule has 0 bridgehead atoms. The Bertz CT molecular complexity index is 349. The van der Waals surface area contributed by atoms with Crippen LogP contribution in [0, 0.1) is 5.92 Å². The molecule has 2 heterocycles. The van der Waals surface area contributed by atoms with E-state index in [0.29, 0.717) is 0 Å². The van der Waals surface area contributed by atoms with Crippen molar-refractivity contribution in [3.63, 3.8) is 0 Å². The Morgan fingerprint density at radius 1 is 1.56 bits per heavy atom. The van der Waals surface area contributed by atoms with E-state index < -0.39 is 0 Å². The van der Waals surface area contributed by atoms with Crippen LogP contribution >= 0.6 is 0 Å². The highest BCUT2D eigenvalue weighted by Crippen LogP contribution is 2.22. The standard InChI is InChI=1S/C13H21N3/c1-10-4-3-7-16(9-10)13-8-12(11(2)14)5-6-15-13/h5-6,8,10-11H,3-4,7,9,14H2,1-2H3. The number of nitrogens with zero attached hydrogens (tertiary/aromatic N) is 2. The molecule has 0 aromatic carbocycles. The number of anilines is 1. The number of aromatic nitrogens is 1. The molecular weight excluding hydrogens is 198 g/mol. The lowest BCUT2D eigenvalue weighted by molar-refractivity contribution is 0.444. The van der Waals surface area contributed by atoms with Crippen molar-refractivity contribution in [1.82, 2.24) is 4.98 Å². The average molecular weight is 219 g/mol. The number of rotatable bonds is 2. The van der Waals surface area contributed by atoms with E-state index in [9.17, 15) is 0 Å². The van der Waals surface area contributed by atoms with Crippen molar-refractivity contribution in [2.45, 2.75) is 32.7 Å². The molecule has 0 aliphatic carbocycles. The van der Waals surface area contributed by atoms with Gasteiger partial charge in [0.1, 0.15) is 5.82 Å². The van der Waals surface area contributed by atoms with Gasteiger partial charge in [0.05, 0.1) is 0 Å². The fourth-order valence-corrected chi connectivity index (χ4v) is 2.29. The van der Waals surface area contributed by atoms with E-state index in [1.807, 2.05) is 19.2 Å². The topological polar surface area (TPSA) is 42.1 Å². The van der Waals surface area contributed by atoms with E-state index >= 15 is 0 Å². The van der Waals surface area contributed by atoms with Crippen LogP contribution in [0.5, 0.6) is 0 Å². The summed E-state index contributed by atoms with van der Waals surface area (Å²) in [4.78, 5) is 6.83. The van der Waals surface area contributed by atoms with Crippen molar-refractivity contribution in [1.29, 1.82) is 0 Å². The monoisotopic (exact) mass is 219 g/mol. The largest absolute Gasteiger partial charge is 0.356 e. The molecule has 16 heavy (non-hydrogen) atoms. The van der Waals surface area contributed by atoms with Crippen LogP contribution in [0.3, 0.4) is 0 Å². The molecule has 1 fully saturated rings. The summed E-state index contributed by atoms with van der Waals surface area (Å²) in [5.41, 5.74) is 7.06. The zero-order valence-corrected chi connectivity index (χ0v) is 10.2. The van der Waals surface area contributed by atoms with Gasteiger partial charge in [-0.1, -0.05) is 6.92 Å². The predicted molar refractivity (Wildman–Crippen MR) is 67.5 cm³/mol. The van der Waals surface area contributed by atoms with Crippen LogP contribution in [0.15, 0.2) is 18.3 Å². The van der Waals surface area contributed by atoms with Gasteiger partial charge in [-0.25, -0.2) is 4.98 Å². The van der Waals surface area contributed by atoms with Crippen molar-refractivity contribution in [3.05, 3.63) is 23.9 Å². The highest BCUT2D eigenvalue weighted by Gasteiger charge is 2.17. The molecule has 0 saturated carbocycles. The summed E-state index contributed by atoms with van der Waals surface area (Å²) in [6, 6.07) is 4.22. The van der Waals surface area contributed by atoms with Crippen molar-refractivity contribution in [3.8, 4) is 0 Å². The Morgan fingerprint density at radius 2 is 2.38 bits per heavy atom. The van der Waals surface area contributed by atoms with Gasteiger partial charge >= 0.3 is 0 Å². The fraction of sp³-hybridized carbons (Fsp3) is 0.615. The first-order valence-electron chi connectivity index (χ1n) is 6.13. The Balaban J connectivity index is 2.16. The lowest BCUT2D eigenvalue weighted by atomic mass is 10.00. The molecule has 0 radical (unpaired) electrons. The molecule has 0 amide bonds. The molecule has 1 aliphatic rings. The second-order valence-corrected chi connectivity index (χ2v) is 4.93. The number of pyridine rings is 1. The molecule has 1 saturated heterocycles. The van der Waals surface area contributed by atoms with Gasteiger partial charge in [0.25, 0.3) is 0 Å². The normalized spacial score (nSPS) is 23.2. The first-order chi connectivity index (χ1) is 7.66. The Morgan fingerprint density at radius 3 is 3.06 bits per heavy atom. The van der Waals surface area contributed by atoms with Crippen LogP contribution in [-0.2, 0) is 0 Å². The van der Waals surface area contributed by atoms with Crippen molar-refractivity contribution >= 4 is 5.82 Å². The zero-order chi connectivity index (χ0) is 11.5. The van der Waals surface area contributed by atoms with Gasteiger partial charge in [-0.05, 0) is 43.4 Å². The molecule has 0 spiro atoms. The maximum Gasteiger partial charge on any atom is 0.128 e. The van der Waals surface area contributed by atoms with Gasteiger partial charge in [0.15, 0.2) is 0 Å². The van der Waals surface area contributed by atoms with Gasteiger partial charge in [0, 0.05) is 25.3 Å². The SMILES string of the molecule is CC1CCCN(c2cc(C(C)N)ccn2)C1. The highest BCUT2D eigenvalue weighted by atomic mass is 15.2. The Hall–Kier alpha value is -1.09. The first kappa shape index (κ1) is 11.4. The summed E-state index contributed by atoms with van der Waals surface area (Å²) < 4.78 is 0. The number of nitrogens with two attached hydrogens (primary N) is 1. The fourth-order valence-electron chi connectivity index (χ4n) is 2.29. The Labute approximate surface area is 97.7 Å². The molecule has 3 heteroatoms. The molecule has 2 N–H and O–H groups in total. The summed E-state index contributed by atoms with van der Waals surface area (Å²) in [5.74, 6) is 1.86. The summed E-state index contributed by atoms with van der Waals surface area (Å²) in [5, 5.41) is 0. The van der Waals surface area contributed by atoms with E-state index in [1.54, 1.807) is 0 Å². The molecule has 88 valence electrons. The molecule has 3 nitrogen and oxygen atoms in total. The van der Waals surface area contributed by atoms with Crippen molar-refractivity contribution in [2.75, 3.05) is 18.0 Å². The first-order valence-corrected chi connectivity index (χ1v) is 6.13. The molecule has 1 aromatic heterocycles. The molecule has 2 rings (SSSR count). The summed E-state index contributed by atoms with van der Waals surface area (Å²) in [7, 11) is 0. The Kier molecular flexibility index (Phi) is 3.44. The number of hydrogen-bond donors (Lipinski definition) is 1. The predicted octanol–water partition coefficient (Wildman–Crippen LogP) is 2.34. The van der Waals surface area contributed by atoms with E-state index in [-0.39, 0.29) is 6.04 Å². The van der Waals surface area contributed by atoms with Crippen molar-refractivity contribution < 1.29 is 0 Å². The summed E-state index contributed by atoms with van der Waals surface area (Å²) in [6.45, 7) is 6.56. The average Bonchev–Trinajstić information content (AvgIpc) is 2.29. The van der Waals surface area contributed by atoms with Crippen LogP contribution in [0.25, 0.3) is 0 Å². The maximum atomic E-state index is 5.89. The van der Waals surface area contributed by atoms with Gasteiger partial charge in [0.2, 0.25) is 0 Å². The zero-order valence-electron chi connectivity index (χ0n) is 10.2. The van der Waals surface area contributed by atoms with E-state index in [2.05, 4.69) is 22.9 Å². The molecule has 1 aromatic rings. The third kappa shape index (κ3) is 2.53. The summed E-state index contributed by atoms with van der Waals surface area (Å²) >= 11 is 0. The van der Waals surface area contributed by atoms with Crippen LogP contribution in [0.4, 0.5) is 5.82 Å². The van der Waals surface area contributed by atoms with Gasteiger partial charge < -0.3 is 10.6 Å². The number of hydrogen-bond acceptors (Lipinski definition) is 3. The molecule has 2 unspecified atom stereocenters. The summed E-state index contributed by atoms with van der Waals surface area (Å²) in [6.07, 6.45) is 4.47. The van der Waals surface area contributed by atoms with E-state index in [4.69, 9.17) is 5.73 Å². The molecule has 2 atom stereocenters. The lowest BCUT2D eigenvalue weighted by Gasteiger charge is -2.32. The molecule has 1 aliphatic heterocycles. The lowest BCUT2D eigenvalue weighted by Crippen LogP contribution is -2.34. The maximum absolute atomic E-state index is 5.89. The minimum atomic E-state index is 0.0870. The van der Waals surface area contributed by atoms with E-state index in [1.165, 1.54) is 18.4 Å². The quantitative estimate of drug-likeness (QED) is 0.830. The third-order valence-electron chi connectivity index (χ3n) is 3.28. The number of piperidine rings is 1. The molecular formula is C13H21N3. The van der Waals surface area contributed by atoms with Gasteiger partial charge in [-0.2, -0.15) is 0 Å². The smallest absolute Gasteiger partial charge is 0.128 e. The second kappa shape index (κ2) is 4.83. The van der Waals surface area contributed by atoms with Crippen LogP contribution in [0.1, 0.15) is 38.3 Å². The second-order valence-electron chi connectivity index (χ2n) is 4.93.